The van der Waals surface area contributed by atoms with Crippen molar-refractivity contribution in [2.24, 2.45) is 0 Å². The van der Waals surface area contributed by atoms with Gasteiger partial charge in [0.15, 0.2) is 0 Å². The SMILES string of the molecule is C=CCNC(=O)/C(C#N)=C\c1cn(-c2ccccc2)nc1-c1ccc(OCCC)cc1. The first-order valence-electron chi connectivity index (χ1n) is 10.1. The second-order valence-corrected chi connectivity index (χ2v) is 6.75. The third-order valence-electron chi connectivity index (χ3n) is 4.44. The van der Waals surface area contributed by atoms with E-state index in [1.807, 2.05) is 66.9 Å². The van der Waals surface area contributed by atoms with Crippen LogP contribution in [-0.2, 0) is 4.79 Å². The summed E-state index contributed by atoms with van der Waals surface area (Å²) in [4.78, 5) is 12.3. The standard InChI is InChI=1S/C25H24N4O2/c1-3-14-27-25(30)20(17-26)16-21-18-29(22-8-6-5-7-9-22)28-24(21)19-10-12-23(13-11-19)31-15-4-2/h3,5-13,16,18H,1,4,14-15H2,2H3,(H,27,30)/b20-16-. The van der Waals surface area contributed by atoms with Gasteiger partial charge in [0.2, 0.25) is 0 Å². The average molecular weight is 412 g/mol. The summed E-state index contributed by atoms with van der Waals surface area (Å²) < 4.78 is 7.40. The first-order chi connectivity index (χ1) is 15.2. The molecule has 0 fully saturated rings. The summed E-state index contributed by atoms with van der Waals surface area (Å²) in [7, 11) is 0. The normalized spacial score (nSPS) is 10.9. The van der Waals surface area contributed by atoms with Crippen LogP contribution in [0, 0.1) is 11.3 Å². The Morgan fingerprint density at radius 3 is 2.61 bits per heavy atom. The van der Waals surface area contributed by atoms with Crippen molar-refractivity contribution >= 4 is 12.0 Å². The Labute approximate surface area is 182 Å². The van der Waals surface area contributed by atoms with Crippen molar-refractivity contribution in [2.45, 2.75) is 13.3 Å². The third kappa shape index (κ3) is 5.49. The van der Waals surface area contributed by atoms with Gasteiger partial charge in [-0.05, 0) is 48.9 Å². The van der Waals surface area contributed by atoms with E-state index in [2.05, 4.69) is 18.8 Å². The van der Waals surface area contributed by atoms with Crippen LogP contribution in [0.4, 0.5) is 0 Å². The molecule has 1 N–H and O–H groups in total. The van der Waals surface area contributed by atoms with Gasteiger partial charge in [-0.25, -0.2) is 4.68 Å². The Kier molecular flexibility index (Phi) is 7.39. The predicted octanol–water partition coefficient (Wildman–Crippen LogP) is 4.54. The van der Waals surface area contributed by atoms with Gasteiger partial charge in [0.1, 0.15) is 17.4 Å². The molecule has 0 unspecified atom stereocenters. The van der Waals surface area contributed by atoms with Gasteiger partial charge >= 0.3 is 0 Å². The molecule has 0 aliphatic heterocycles. The van der Waals surface area contributed by atoms with Gasteiger partial charge in [0.25, 0.3) is 5.91 Å². The number of carbonyl (C=O) groups excluding carboxylic acids is 1. The summed E-state index contributed by atoms with van der Waals surface area (Å²) in [6, 6.07) is 19.3. The number of aromatic nitrogens is 2. The van der Waals surface area contributed by atoms with Crippen LogP contribution in [0.15, 0.2) is 79.0 Å². The Morgan fingerprint density at radius 2 is 1.97 bits per heavy atom. The maximum Gasteiger partial charge on any atom is 0.262 e. The fourth-order valence-electron chi connectivity index (χ4n) is 2.92. The zero-order chi connectivity index (χ0) is 22.1. The van der Waals surface area contributed by atoms with Crippen molar-refractivity contribution in [1.29, 1.82) is 5.26 Å². The number of ether oxygens (including phenoxy) is 1. The lowest BCUT2D eigenvalue weighted by atomic mass is 10.1. The maximum atomic E-state index is 12.3. The van der Waals surface area contributed by atoms with Crippen LogP contribution in [0.2, 0.25) is 0 Å². The quantitative estimate of drug-likeness (QED) is 0.318. The molecule has 6 heteroatoms. The fraction of sp³-hybridized carbons (Fsp3) is 0.160. The van der Waals surface area contributed by atoms with E-state index < -0.39 is 5.91 Å². The number of para-hydroxylation sites is 1. The zero-order valence-corrected chi connectivity index (χ0v) is 17.4. The molecule has 156 valence electrons. The Bertz CT molecular complexity index is 1110. The lowest BCUT2D eigenvalue weighted by molar-refractivity contribution is -0.116. The maximum absolute atomic E-state index is 12.3. The first-order valence-corrected chi connectivity index (χ1v) is 10.1. The molecular weight excluding hydrogens is 388 g/mol. The van der Waals surface area contributed by atoms with E-state index in [9.17, 15) is 10.1 Å². The van der Waals surface area contributed by atoms with Crippen molar-refractivity contribution in [3.05, 3.63) is 84.6 Å². The number of nitrogens with zero attached hydrogens (tertiary/aromatic N) is 3. The summed E-state index contributed by atoms with van der Waals surface area (Å²) in [5.74, 6) is 0.329. The molecule has 1 heterocycles. The molecule has 0 bridgehead atoms. The second kappa shape index (κ2) is 10.6. The van der Waals surface area contributed by atoms with Gasteiger partial charge in [-0.2, -0.15) is 10.4 Å². The van der Waals surface area contributed by atoms with Crippen LogP contribution < -0.4 is 10.1 Å². The van der Waals surface area contributed by atoms with E-state index in [0.717, 1.165) is 23.4 Å². The van der Waals surface area contributed by atoms with E-state index in [4.69, 9.17) is 9.84 Å². The molecule has 2 aromatic carbocycles. The first kappa shape index (κ1) is 21.6. The van der Waals surface area contributed by atoms with Crippen LogP contribution in [0.25, 0.3) is 23.0 Å². The van der Waals surface area contributed by atoms with E-state index in [0.29, 0.717) is 17.9 Å². The summed E-state index contributed by atoms with van der Waals surface area (Å²) in [6.07, 6.45) is 5.86. The molecule has 1 aromatic heterocycles. The lowest BCUT2D eigenvalue weighted by Crippen LogP contribution is -2.24. The predicted molar refractivity (Wildman–Crippen MR) is 122 cm³/mol. The molecule has 0 aliphatic rings. The molecule has 6 nitrogen and oxygen atoms in total. The van der Waals surface area contributed by atoms with Gasteiger partial charge in [-0.15, -0.1) is 6.58 Å². The van der Waals surface area contributed by atoms with Crippen LogP contribution in [-0.4, -0.2) is 28.8 Å². The largest absolute Gasteiger partial charge is 0.494 e. The minimum atomic E-state index is -0.455. The van der Waals surface area contributed by atoms with Gasteiger partial charge < -0.3 is 10.1 Å². The Balaban J connectivity index is 2.03. The van der Waals surface area contributed by atoms with E-state index in [1.54, 1.807) is 16.8 Å². The van der Waals surface area contributed by atoms with Crippen LogP contribution in [0.1, 0.15) is 18.9 Å². The van der Waals surface area contributed by atoms with Gasteiger partial charge in [0.05, 0.1) is 18.0 Å². The number of amides is 1. The molecule has 3 aromatic rings. The van der Waals surface area contributed by atoms with E-state index in [1.165, 1.54) is 0 Å². The smallest absolute Gasteiger partial charge is 0.262 e. The fourth-order valence-corrected chi connectivity index (χ4v) is 2.92. The average Bonchev–Trinajstić information content (AvgIpc) is 3.24. The molecule has 1 amide bonds. The number of carbonyl (C=O) groups is 1. The Hall–Kier alpha value is -4.11. The van der Waals surface area contributed by atoms with Crippen molar-refractivity contribution in [2.75, 3.05) is 13.2 Å². The highest BCUT2D eigenvalue weighted by molar-refractivity contribution is 6.02. The highest BCUT2D eigenvalue weighted by Gasteiger charge is 2.15. The zero-order valence-electron chi connectivity index (χ0n) is 17.4. The van der Waals surface area contributed by atoms with Gasteiger partial charge in [-0.1, -0.05) is 31.2 Å². The minimum Gasteiger partial charge on any atom is -0.494 e. The van der Waals surface area contributed by atoms with Gasteiger partial charge in [-0.3, -0.25) is 4.79 Å². The monoisotopic (exact) mass is 412 g/mol. The van der Waals surface area contributed by atoms with Crippen molar-refractivity contribution in [3.8, 4) is 28.8 Å². The third-order valence-corrected chi connectivity index (χ3v) is 4.44. The summed E-state index contributed by atoms with van der Waals surface area (Å²) >= 11 is 0. The summed E-state index contributed by atoms with van der Waals surface area (Å²) in [5.41, 5.74) is 3.06. The molecule has 0 aliphatic carbocycles. The molecule has 0 saturated heterocycles. The van der Waals surface area contributed by atoms with Crippen molar-refractivity contribution < 1.29 is 9.53 Å². The highest BCUT2D eigenvalue weighted by atomic mass is 16.5. The molecule has 0 saturated carbocycles. The van der Waals surface area contributed by atoms with Crippen LogP contribution >= 0.6 is 0 Å². The molecule has 0 radical (unpaired) electrons. The molecule has 0 spiro atoms. The summed E-state index contributed by atoms with van der Waals surface area (Å²) in [5, 5.41) is 16.9. The molecule has 31 heavy (non-hydrogen) atoms. The second-order valence-electron chi connectivity index (χ2n) is 6.75. The van der Waals surface area contributed by atoms with Crippen LogP contribution in [0.5, 0.6) is 5.75 Å². The van der Waals surface area contributed by atoms with E-state index >= 15 is 0 Å². The lowest BCUT2D eigenvalue weighted by Gasteiger charge is -2.06. The number of benzene rings is 2. The van der Waals surface area contributed by atoms with E-state index in [-0.39, 0.29) is 12.1 Å². The minimum absolute atomic E-state index is 0.00129. The molecule has 3 rings (SSSR count). The number of hydrogen-bond acceptors (Lipinski definition) is 4. The highest BCUT2D eigenvalue weighted by Crippen LogP contribution is 2.27. The number of nitrogens with one attached hydrogen (secondary N) is 1. The molecule has 0 atom stereocenters. The van der Waals surface area contributed by atoms with Crippen LogP contribution in [0.3, 0.4) is 0 Å². The number of nitriles is 1. The van der Waals surface area contributed by atoms with Crippen molar-refractivity contribution in [1.82, 2.24) is 15.1 Å². The summed E-state index contributed by atoms with van der Waals surface area (Å²) in [6.45, 7) is 6.57. The number of rotatable bonds is 9. The number of hydrogen-bond donors (Lipinski definition) is 1. The molecular formula is C25H24N4O2. The van der Waals surface area contributed by atoms with Crippen molar-refractivity contribution in [3.63, 3.8) is 0 Å². The Morgan fingerprint density at radius 1 is 1.23 bits per heavy atom. The topological polar surface area (TPSA) is 79.9 Å². The van der Waals surface area contributed by atoms with Gasteiger partial charge in [0, 0.05) is 23.9 Å².